The highest BCUT2D eigenvalue weighted by Gasteiger charge is 2.27. The highest BCUT2D eigenvalue weighted by Crippen LogP contribution is 2.23. The molecule has 2 amide bonds. The Morgan fingerprint density at radius 3 is 2.24 bits per heavy atom. The van der Waals surface area contributed by atoms with E-state index < -0.39 is 5.91 Å². The maximum Gasteiger partial charge on any atom is 0.291 e. The molecule has 0 fully saturated rings. The third-order valence-corrected chi connectivity index (χ3v) is 4.95. The number of fused-ring (bicyclic) bond motifs is 1. The second-order valence-electron chi connectivity index (χ2n) is 7.12. The number of halogens is 1. The van der Waals surface area contributed by atoms with E-state index in [1.165, 1.54) is 24.3 Å². The maximum absolute atomic E-state index is 13.1. The summed E-state index contributed by atoms with van der Waals surface area (Å²) < 4.78 is 14.9. The number of aromatic nitrogens is 2. The Morgan fingerprint density at radius 1 is 0.931 bits per heavy atom. The first kappa shape index (κ1) is 18.9. The lowest BCUT2D eigenvalue weighted by molar-refractivity contribution is 0.101. The lowest BCUT2D eigenvalue weighted by Crippen LogP contribution is -2.21. The normalized spacial score (nSPS) is 12.9. The van der Waals surface area contributed by atoms with E-state index in [0.29, 0.717) is 24.3 Å². The highest BCUT2D eigenvalue weighted by atomic mass is 19.1. The number of nitrogens with zero attached hydrogens (tertiary/aromatic N) is 2. The molecule has 0 radical (unpaired) electrons. The number of aryl methyl sites for hydroxylation is 1. The first-order valence-corrected chi connectivity index (χ1v) is 9.55. The summed E-state index contributed by atoms with van der Waals surface area (Å²) in [6.45, 7) is 2.61. The lowest BCUT2D eigenvalue weighted by Gasteiger charge is -2.17. The maximum atomic E-state index is 13.1. The molecule has 4 rings (SSSR count). The van der Waals surface area contributed by atoms with E-state index in [2.05, 4.69) is 15.6 Å². The van der Waals surface area contributed by atoms with Gasteiger partial charge in [0.05, 0.1) is 5.69 Å². The number of carbonyl (C=O) groups excluding carboxylic acids is 2. The smallest absolute Gasteiger partial charge is 0.291 e. The van der Waals surface area contributed by atoms with Gasteiger partial charge in [0.1, 0.15) is 5.82 Å². The average molecular weight is 392 g/mol. The number of carbonyl (C=O) groups is 2. The third-order valence-electron chi connectivity index (χ3n) is 4.95. The Morgan fingerprint density at radius 2 is 1.55 bits per heavy atom. The van der Waals surface area contributed by atoms with Crippen molar-refractivity contribution >= 4 is 23.2 Å². The van der Waals surface area contributed by atoms with E-state index in [-0.39, 0.29) is 23.2 Å². The van der Waals surface area contributed by atoms with Crippen molar-refractivity contribution in [2.24, 2.45) is 0 Å². The molecule has 3 aromatic rings. The van der Waals surface area contributed by atoms with E-state index in [0.717, 1.165) is 24.1 Å². The second kappa shape index (κ2) is 7.87. The number of rotatable bonds is 4. The van der Waals surface area contributed by atoms with Crippen LogP contribution in [0.1, 0.15) is 45.2 Å². The van der Waals surface area contributed by atoms with Gasteiger partial charge in [0, 0.05) is 17.9 Å². The standard InChI is InChI=1S/C22H21FN4O2/c1-14-5-9-16(10-6-14)24-21(28)19-18-4-2-3-13-27(18)20(26-19)22(29)25-17-11-7-15(23)8-12-17/h5-12H,2-4,13H2,1H3,(H,24,28)(H,25,29). The summed E-state index contributed by atoms with van der Waals surface area (Å²) in [6.07, 6.45) is 2.54. The largest absolute Gasteiger partial charge is 0.323 e. The number of benzene rings is 2. The van der Waals surface area contributed by atoms with Crippen LogP contribution in [0.2, 0.25) is 0 Å². The van der Waals surface area contributed by atoms with Crippen molar-refractivity contribution in [1.29, 1.82) is 0 Å². The van der Waals surface area contributed by atoms with Crippen LogP contribution in [0.5, 0.6) is 0 Å². The van der Waals surface area contributed by atoms with Crippen LogP contribution < -0.4 is 10.6 Å². The lowest BCUT2D eigenvalue weighted by atomic mass is 10.1. The molecule has 0 atom stereocenters. The second-order valence-corrected chi connectivity index (χ2v) is 7.12. The molecule has 2 heterocycles. The summed E-state index contributed by atoms with van der Waals surface area (Å²) in [4.78, 5) is 30.0. The zero-order chi connectivity index (χ0) is 20.4. The summed E-state index contributed by atoms with van der Waals surface area (Å²) in [7, 11) is 0. The molecule has 0 aliphatic carbocycles. The van der Waals surface area contributed by atoms with Gasteiger partial charge in [0.15, 0.2) is 11.5 Å². The van der Waals surface area contributed by atoms with Crippen LogP contribution in [0.3, 0.4) is 0 Å². The highest BCUT2D eigenvalue weighted by molar-refractivity contribution is 6.07. The van der Waals surface area contributed by atoms with Gasteiger partial charge in [-0.2, -0.15) is 0 Å². The molecule has 7 heteroatoms. The van der Waals surface area contributed by atoms with E-state index in [1.54, 1.807) is 0 Å². The molecule has 1 aliphatic heterocycles. The van der Waals surface area contributed by atoms with Crippen molar-refractivity contribution in [3.63, 3.8) is 0 Å². The Hall–Kier alpha value is -3.48. The van der Waals surface area contributed by atoms with Gasteiger partial charge in [-0.05, 0) is 62.6 Å². The summed E-state index contributed by atoms with van der Waals surface area (Å²) in [6, 6.07) is 13.0. The number of imidazole rings is 1. The van der Waals surface area contributed by atoms with Crippen molar-refractivity contribution in [3.05, 3.63) is 77.1 Å². The van der Waals surface area contributed by atoms with Gasteiger partial charge in [-0.25, -0.2) is 9.37 Å². The summed E-state index contributed by atoms with van der Waals surface area (Å²) >= 11 is 0. The predicted octanol–water partition coefficient (Wildman–Crippen LogP) is 4.17. The van der Waals surface area contributed by atoms with Crippen molar-refractivity contribution in [2.45, 2.75) is 32.7 Å². The van der Waals surface area contributed by atoms with Crippen LogP contribution in [0.15, 0.2) is 48.5 Å². The van der Waals surface area contributed by atoms with Crippen molar-refractivity contribution in [2.75, 3.05) is 10.6 Å². The van der Waals surface area contributed by atoms with Gasteiger partial charge in [0.2, 0.25) is 0 Å². The van der Waals surface area contributed by atoms with Gasteiger partial charge in [-0.15, -0.1) is 0 Å². The molecule has 2 N–H and O–H groups in total. The Bertz CT molecular complexity index is 972. The SMILES string of the molecule is Cc1ccc(NC(=O)c2nc(C(=O)Nc3ccc(F)cc3)n3c2CCCC3)cc1. The molecule has 1 aliphatic rings. The molecule has 0 saturated carbocycles. The number of hydrogen-bond donors (Lipinski definition) is 2. The summed E-state index contributed by atoms with van der Waals surface area (Å²) in [5, 5.41) is 5.58. The minimum absolute atomic E-state index is 0.193. The van der Waals surface area contributed by atoms with Crippen LogP contribution in [0.25, 0.3) is 0 Å². The molecule has 1 aromatic heterocycles. The Kier molecular flexibility index (Phi) is 5.12. The third kappa shape index (κ3) is 4.03. The van der Waals surface area contributed by atoms with E-state index in [9.17, 15) is 14.0 Å². The predicted molar refractivity (Wildman–Crippen MR) is 109 cm³/mol. The van der Waals surface area contributed by atoms with Crippen LogP contribution in [0, 0.1) is 12.7 Å². The minimum atomic E-state index is -0.422. The molecule has 148 valence electrons. The van der Waals surface area contributed by atoms with Gasteiger partial charge in [-0.3, -0.25) is 9.59 Å². The van der Waals surface area contributed by atoms with Gasteiger partial charge in [-0.1, -0.05) is 17.7 Å². The van der Waals surface area contributed by atoms with E-state index in [4.69, 9.17) is 0 Å². The monoisotopic (exact) mass is 392 g/mol. The zero-order valence-corrected chi connectivity index (χ0v) is 16.0. The first-order chi connectivity index (χ1) is 14.0. The van der Waals surface area contributed by atoms with E-state index in [1.807, 2.05) is 35.8 Å². The van der Waals surface area contributed by atoms with Crippen molar-refractivity contribution in [3.8, 4) is 0 Å². The quantitative estimate of drug-likeness (QED) is 0.700. The fourth-order valence-corrected chi connectivity index (χ4v) is 3.45. The summed E-state index contributed by atoms with van der Waals surface area (Å²) in [5.74, 6) is -0.941. The first-order valence-electron chi connectivity index (χ1n) is 9.55. The van der Waals surface area contributed by atoms with Crippen LogP contribution >= 0.6 is 0 Å². The molecule has 29 heavy (non-hydrogen) atoms. The topological polar surface area (TPSA) is 76.0 Å². The van der Waals surface area contributed by atoms with Gasteiger partial charge in [0.25, 0.3) is 11.8 Å². The Labute approximate surface area is 167 Å². The average Bonchev–Trinajstić information content (AvgIpc) is 3.11. The zero-order valence-electron chi connectivity index (χ0n) is 16.0. The van der Waals surface area contributed by atoms with Gasteiger partial charge < -0.3 is 15.2 Å². The van der Waals surface area contributed by atoms with Crippen molar-refractivity contribution < 1.29 is 14.0 Å². The molecular formula is C22H21FN4O2. The molecule has 0 unspecified atom stereocenters. The fourth-order valence-electron chi connectivity index (χ4n) is 3.45. The van der Waals surface area contributed by atoms with Crippen LogP contribution in [0.4, 0.5) is 15.8 Å². The molecular weight excluding hydrogens is 371 g/mol. The van der Waals surface area contributed by atoms with Crippen LogP contribution in [-0.4, -0.2) is 21.4 Å². The van der Waals surface area contributed by atoms with Gasteiger partial charge >= 0.3 is 0 Å². The number of amides is 2. The molecule has 0 spiro atoms. The molecule has 0 saturated heterocycles. The Balaban J connectivity index is 1.61. The van der Waals surface area contributed by atoms with E-state index >= 15 is 0 Å². The number of nitrogens with one attached hydrogen (secondary N) is 2. The number of hydrogen-bond acceptors (Lipinski definition) is 3. The molecule has 2 aromatic carbocycles. The van der Waals surface area contributed by atoms with Crippen LogP contribution in [-0.2, 0) is 13.0 Å². The minimum Gasteiger partial charge on any atom is -0.323 e. The van der Waals surface area contributed by atoms with Crippen molar-refractivity contribution in [1.82, 2.24) is 9.55 Å². The molecule has 0 bridgehead atoms. The molecule has 6 nitrogen and oxygen atoms in total. The fraction of sp³-hybridized carbons (Fsp3) is 0.227. The summed E-state index contributed by atoms with van der Waals surface area (Å²) in [5.41, 5.74) is 3.28. The number of anilines is 2.